The van der Waals surface area contributed by atoms with Gasteiger partial charge in [-0.3, -0.25) is 0 Å². The molecule has 1 rings (SSSR count). The summed E-state index contributed by atoms with van der Waals surface area (Å²) in [6.45, 7) is 7.09. The van der Waals surface area contributed by atoms with Gasteiger partial charge in [0, 0.05) is 0 Å². The molecule has 1 fully saturated rings. The third kappa shape index (κ3) is 5.55. The van der Waals surface area contributed by atoms with Crippen LogP contribution < -0.4 is 5.32 Å². The molecular weight excluding hydrogens is 182 g/mol. The maximum absolute atomic E-state index is 3.63. The van der Waals surface area contributed by atoms with Crippen molar-refractivity contribution in [3.63, 3.8) is 0 Å². The monoisotopic (exact) mass is 211 g/mol. The lowest BCUT2D eigenvalue weighted by Gasteiger charge is -2.22. The first-order valence-corrected chi connectivity index (χ1v) is 7.07. The minimum Gasteiger partial charge on any atom is -0.316 e. The third-order valence-corrected chi connectivity index (χ3v) is 4.04. The molecule has 0 atom stereocenters. The predicted molar refractivity (Wildman–Crippen MR) is 68.1 cm³/mol. The van der Waals surface area contributed by atoms with Gasteiger partial charge in [-0.05, 0) is 31.3 Å². The lowest BCUT2D eigenvalue weighted by atomic mass is 9.87. The predicted octanol–water partition coefficient (Wildman–Crippen LogP) is 3.98. The van der Waals surface area contributed by atoms with Crippen LogP contribution in [-0.2, 0) is 0 Å². The normalized spacial score (nSPS) is 18.6. The Morgan fingerprint density at radius 3 is 2.33 bits per heavy atom. The molecule has 1 saturated carbocycles. The minimum absolute atomic E-state index is 0.899. The van der Waals surface area contributed by atoms with Crippen molar-refractivity contribution < 1.29 is 0 Å². The first-order chi connectivity index (χ1) is 7.36. The summed E-state index contributed by atoms with van der Waals surface area (Å²) in [7, 11) is 0. The summed E-state index contributed by atoms with van der Waals surface area (Å²) in [5, 5.41) is 3.63. The summed E-state index contributed by atoms with van der Waals surface area (Å²) in [5.41, 5.74) is 0. The maximum atomic E-state index is 3.63. The molecule has 1 heteroatoms. The summed E-state index contributed by atoms with van der Waals surface area (Å²) in [4.78, 5) is 0. The van der Waals surface area contributed by atoms with Crippen molar-refractivity contribution in [2.24, 2.45) is 11.8 Å². The second-order valence-electron chi connectivity index (χ2n) is 5.18. The fourth-order valence-corrected chi connectivity index (χ4v) is 2.67. The van der Waals surface area contributed by atoms with Crippen molar-refractivity contribution in [2.45, 2.75) is 65.2 Å². The largest absolute Gasteiger partial charge is 0.316 e. The van der Waals surface area contributed by atoms with E-state index in [9.17, 15) is 0 Å². The molecule has 1 nitrogen and oxygen atoms in total. The van der Waals surface area contributed by atoms with E-state index < -0.39 is 0 Å². The van der Waals surface area contributed by atoms with E-state index in [-0.39, 0.29) is 0 Å². The molecule has 1 aliphatic rings. The molecule has 15 heavy (non-hydrogen) atoms. The van der Waals surface area contributed by atoms with E-state index in [1.165, 1.54) is 64.5 Å². The van der Waals surface area contributed by atoms with E-state index >= 15 is 0 Å². The Balaban J connectivity index is 1.95. The molecule has 0 unspecified atom stereocenters. The van der Waals surface area contributed by atoms with Crippen molar-refractivity contribution in [2.75, 3.05) is 13.1 Å². The molecule has 0 spiro atoms. The first kappa shape index (κ1) is 13.0. The van der Waals surface area contributed by atoms with Crippen molar-refractivity contribution in [3.8, 4) is 0 Å². The summed E-state index contributed by atoms with van der Waals surface area (Å²) in [5.74, 6) is 1.93. The van der Waals surface area contributed by atoms with E-state index in [0.717, 1.165) is 11.8 Å². The molecule has 0 bridgehead atoms. The van der Waals surface area contributed by atoms with Gasteiger partial charge < -0.3 is 5.32 Å². The number of hydrogen-bond donors (Lipinski definition) is 1. The van der Waals surface area contributed by atoms with Gasteiger partial charge in [-0.2, -0.15) is 0 Å². The van der Waals surface area contributed by atoms with Crippen LogP contribution in [0, 0.1) is 11.8 Å². The molecule has 0 saturated heterocycles. The zero-order valence-corrected chi connectivity index (χ0v) is 10.7. The molecule has 1 aliphatic carbocycles. The summed E-state index contributed by atoms with van der Waals surface area (Å²) in [6, 6.07) is 0. The van der Waals surface area contributed by atoms with Crippen molar-refractivity contribution in [1.82, 2.24) is 5.32 Å². The van der Waals surface area contributed by atoms with Crippen LogP contribution in [0.25, 0.3) is 0 Å². The van der Waals surface area contributed by atoms with Gasteiger partial charge >= 0.3 is 0 Å². The summed E-state index contributed by atoms with van der Waals surface area (Å²) < 4.78 is 0. The molecule has 0 amide bonds. The highest BCUT2D eigenvalue weighted by atomic mass is 14.9. The average molecular weight is 211 g/mol. The van der Waals surface area contributed by atoms with E-state index in [2.05, 4.69) is 19.2 Å². The number of nitrogens with one attached hydrogen (secondary N) is 1. The minimum atomic E-state index is 0.899. The van der Waals surface area contributed by atoms with Crippen LogP contribution >= 0.6 is 0 Å². The molecule has 0 aliphatic heterocycles. The van der Waals surface area contributed by atoms with Crippen LogP contribution in [0.5, 0.6) is 0 Å². The standard InChI is InChI=1S/C14H29N/c1-3-13(4-2)12-15-11-10-14-8-6-5-7-9-14/h13-15H,3-12H2,1-2H3. The first-order valence-electron chi connectivity index (χ1n) is 7.07. The van der Waals surface area contributed by atoms with Crippen molar-refractivity contribution >= 4 is 0 Å². The Morgan fingerprint density at radius 2 is 1.73 bits per heavy atom. The van der Waals surface area contributed by atoms with Gasteiger partial charge in [0.1, 0.15) is 0 Å². The van der Waals surface area contributed by atoms with Crippen LogP contribution in [0.3, 0.4) is 0 Å². The highest BCUT2D eigenvalue weighted by Crippen LogP contribution is 2.25. The highest BCUT2D eigenvalue weighted by Gasteiger charge is 2.12. The van der Waals surface area contributed by atoms with Crippen LogP contribution in [-0.4, -0.2) is 13.1 Å². The molecule has 0 aromatic heterocycles. The van der Waals surface area contributed by atoms with Gasteiger partial charge in [0.05, 0.1) is 0 Å². The van der Waals surface area contributed by atoms with Crippen LogP contribution in [0.2, 0.25) is 0 Å². The molecule has 90 valence electrons. The number of hydrogen-bond acceptors (Lipinski definition) is 1. The SMILES string of the molecule is CCC(CC)CNCCC1CCCCC1. The van der Waals surface area contributed by atoms with Crippen LogP contribution in [0.1, 0.15) is 65.2 Å². The Hall–Kier alpha value is -0.0400. The van der Waals surface area contributed by atoms with Gasteiger partial charge in [0.25, 0.3) is 0 Å². The van der Waals surface area contributed by atoms with Gasteiger partial charge in [0.15, 0.2) is 0 Å². The molecule has 0 aromatic carbocycles. The average Bonchev–Trinajstić information content (AvgIpc) is 2.31. The van der Waals surface area contributed by atoms with Gasteiger partial charge in [-0.1, -0.05) is 58.8 Å². The van der Waals surface area contributed by atoms with Gasteiger partial charge in [-0.15, -0.1) is 0 Å². The Morgan fingerprint density at radius 1 is 1.07 bits per heavy atom. The Kier molecular flexibility index (Phi) is 7.08. The molecule has 1 N–H and O–H groups in total. The van der Waals surface area contributed by atoms with Gasteiger partial charge in [-0.25, -0.2) is 0 Å². The highest BCUT2D eigenvalue weighted by molar-refractivity contribution is 4.67. The van der Waals surface area contributed by atoms with E-state index in [1.807, 2.05) is 0 Å². The van der Waals surface area contributed by atoms with Crippen LogP contribution in [0.4, 0.5) is 0 Å². The fraction of sp³-hybridized carbons (Fsp3) is 1.00. The molecule has 0 aromatic rings. The maximum Gasteiger partial charge on any atom is -0.00207 e. The van der Waals surface area contributed by atoms with E-state index in [0.29, 0.717) is 0 Å². The lowest BCUT2D eigenvalue weighted by Crippen LogP contribution is -2.25. The third-order valence-electron chi connectivity index (χ3n) is 4.04. The molecule has 0 heterocycles. The summed E-state index contributed by atoms with van der Waals surface area (Å²) in [6.07, 6.45) is 11.5. The lowest BCUT2D eigenvalue weighted by molar-refractivity contribution is 0.328. The smallest absolute Gasteiger partial charge is 0.00207 e. The summed E-state index contributed by atoms with van der Waals surface area (Å²) >= 11 is 0. The van der Waals surface area contributed by atoms with Gasteiger partial charge in [0.2, 0.25) is 0 Å². The zero-order chi connectivity index (χ0) is 10.9. The fourth-order valence-electron chi connectivity index (χ4n) is 2.67. The number of rotatable bonds is 7. The molecular formula is C14H29N. The zero-order valence-electron chi connectivity index (χ0n) is 10.7. The Bertz CT molecular complexity index is 134. The van der Waals surface area contributed by atoms with Crippen molar-refractivity contribution in [1.29, 1.82) is 0 Å². The topological polar surface area (TPSA) is 12.0 Å². The second-order valence-corrected chi connectivity index (χ2v) is 5.18. The molecule has 0 radical (unpaired) electrons. The quantitative estimate of drug-likeness (QED) is 0.628. The van der Waals surface area contributed by atoms with Crippen molar-refractivity contribution in [3.05, 3.63) is 0 Å². The van der Waals surface area contributed by atoms with E-state index in [1.54, 1.807) is 0 Å². The Labute approximate surface area is 96.0 Å². The second kappa shape index (κ2) is 8.15. The van der Waals surface area contributed by atoms with Crippen LogP contribution in [0.15, 0.2) is 0 Å². The van der Waals surface area contributed by atoms with E-state index in [4.69, 9.17) is 0 Å².